The molecule has 3 N–H and O–H groups in total. The van der Waals surface area contributed by atoms with E-state index in [1.54, 1.807) is 0 Å². The second-order valence-electron chi connectivity index (χ2n) is 8.76. The molecule has 1 aliphatic heterocycles. The van der Waals surface area contributed by atoms with E-state index in [1.165, 1.54) is 5.56 Å². The average molecular weight is 430 g/mol. The van der Waals surface area contributed by atoms with Crippen molar-refractivity contribution in [3.05, 3.63) is 78.4 Å². The fourth-order valence-electron chi connectivity index (χ4n) is 4.67. The smallest absolute Gasteiger partial charge is 0.129 e. The lowest BCUT2D eigenvalue weighted by molar-refractivity contribution is 0.0987. The lowest BCUT2D eigenvalue weighted by Crippen LogP contribution is -2.45. The number of hydrogen-bond acceptors (Lipinski definition) is 4. The molecule has 0 saturated carbocycles. The van der Waals surface area contributed by atoms with E-state index in [4.69, 9.17) is 4.74 Å². The number of piperidine rings is 1. The number of ether oxygens (including phenoxy) is 1. The number of nitrogens with one attached hydrogen (secondary N) is 2. The van der Waals surface area contributed by atoms with Gasteiger partial charge in [-0.25, -0.2) is 0 Å². The minimum Gasteiger partial charge on any atom is -0.490 e. The van der Waals surface area contributed by atoms with Crippen LogP contribution < -0.4 is 10.1 Å². The molecule has 1 aromatic heterocycles. The number of fused-ring (bicyclic) bond motifs is 3. The van der Waals surface area contributed by atoms with Crippen molar-refractivity contribution < 1.29 is 9.84 Å². The van der Waals surface area contributed by atoms with Crippen molar-refractivity contribution in [3.63, 3.8) is 0 Å². The van der Waals surface area contributed by atoms with E-state index in [0.717, 1.165) is 60.0 Å². The van der Waals surface area contributed by atoms with Crippen molar-refractivity contribution in [1.82, 2.24) is 15.2 Å². The summed E-state index contributed by atoms with van der Waals surface area (Å²) in [5.41, 5.74) is 3.52. The number of aromatic nitrogens is 1. The number of benzene rings is 3. The summed E-state index contributed by atoms with van der Waals surface area (Å²) in [7, 11) is 0. The van der Waals surface area contributed by atoms with Crippen LogP contribution in [0.2, 0.25) is 0 Å². The lowest BCUT2D eigenvalue weighted by Gasteiger charge is -2.33. The van der Waals surface area contributed by atoms with Crippen molar-refractivity contribution in [2.24, 2.45) is 0 Å². The predicted octanol–water partition coefficient (Wildman–Crippen LogP) is 4.32. The quantitative estimate of drug-likeness (QED) is 0.391. The van der Waals surface area contributed by atoms with Crippen LogP contribution in [0.4, 0.5) is 0 Å². The zero-order valence-electron chi connectivity index (χ0n) is 18.3. The molecule has 3 aromatic carbocycles. The minimum absolute atomic E-state index is 0.276. The maximum atomic E-state index is 10.5. The zero-order chi connectivity index (χ0) is 21.8. The van der Waals surface area contributed by atoms with Gasteiger partial charge in [0, 0.05) is 35.4 Å². The van der Waals surface area contributed by atoms with E-state index in [2.05, 4.69) is 63.7 Å². The Labute approximate surface area is 189 Å². The van der Waals surface area contributed by atoms with E-state index >= 15 is 0 Å². The molecule has 1 fully saturated rings. The highest BCUT2D eigenvalue weighted by molar-refractivity contribution is 6.10. The molecule has 0 spiro atoms. The van der Waals surface area contributed by atoms with Crippen LogP contribution in [0.3, 0.4) is 0 Å². The molecule has 4 aromatic rings. The summed E-state index contributed by atoms with van der Waals surface area (Å²) in [5.74, 6) is 0.813. The summed E-state index contributed by atoms with van der Waals surface area (Å²) < 4.78 is 6.05. The van der Waals surface area contributed by atoms with Gasteiger partial charge in [-0.15, -0.1) is 0 Å². The Balaban J connectivity index is 1.10. The van der Waals surface area contributed by atoms with Gasteiger partial charge in [0.05, 0.1) is 5.52 Å². The van der Waals surface area contributed by atoms with E-state index in [9.17, 15) is 5.11 Å². The summed E-state index contributed by atoms with van der Waals surface area (Å²) in [6.07, 6.45) is 1.67. The molecule has 5 heteroatoms. The molecular weight excluding hydrogens is 398 g/mol. The highest BCUT2D eigenvalue weighted by Gasteiger charge is 2.20. The molecule has 1 atom stereocenters. The van der Waals surface area contributed by atoms with Crippen molar-refractivity contribution in [1.29, 1.82) is 0 Å². The summed E-state index contributed by atoms with van der Waals surface area (Å²) in [4.78, 5) is 5.94. The highest BCUT2D eigenvalue weighted by atomic mass is 16.5. The van der Waals surface area contributed by atoms with Gasteiger partial charge >= 0.3 is 0 Å². The summed E-state index contributed by atoms with van der Waals surface area (Å²) in [6, 6.07) is 25.4. The normalized spacial score (nSPS) is 16.5. The molecule has 32 heavy (non-hydrogen) atoms. The lowest BCUT2D eigenvalue weighted by atomic mass is 10.0. The van der Waals surface area contributed by atoms with Crippen molar-refractivity contribution in [3.8, 4) is 5.75 Å². The summed E-state index contributed by atoms with van der Waals surface area (Å²) >= 11 is 0. The standard InChI is InChI=1S/C27H31N3O2/c31-22(17-28-21-13-15-30(16-14-21)18-20-7-2-1-3-8-20)19-32-26-12-6-11-25-27(26)23-9-4-5-10-24(23)29-25/h1-12,21-22,28-29,31H,13-19H2. The van der Waals surface area contributed by atoms with Crippen molar-refractivity contribution in [2.45, 2.75) is 31.5 Å². The molecular formula is C27H31N3O2. The first kappa shape index (κ1) is 21.0. The fourth-order valence-corrected chi connectivity index (χ4v) is 4.67. The molecule has 166 valence electrons. The Bertz CT molecular complexity index is 1150. The Hall–Kier alpha value is -2.86. The van der Waals surface area contributed by atoms with E-state index in [1.807, 2.05) is 24.3 Å². The average Bonchev–Trinajstić information content (AvgIpc) is 3.22. The fraction of sp³-hybridized carbons (Fsp3) is 0.333. The predicted molar refractivity (Wildman–Crippen MR) is 130 cm³/mol. The Morgan fingerprint density at radius 3 is 2.53 bits per heavy atom. The van der Waals surface area contributed by atoms with Crippen LogP contribution in [-0.2, 0) is 6.54 Å². The van der Waals surface area contributed by atoms with Gasteiger partial charge in [-0.2, -0.15) is 0 Å². The number of aromatic amines is 1. The monoisotopic (exact) mass is 429 g/mol. The van der Waals surface area contributed by atoms with Crippen molar-refractivity contribution in [2.75, 3.05) is 26.2 Å². The number of likely N-dealkylation sites (tertiary alicyclic amines) is 1. The molecule has 2 heterocycles. The summed E-state index contributed by atoms with van der Waals surface area (Å²) in [5, 5.41) is 16.3. The third kappa shape index (κ3) is 4.80. The number of nitrogens with zero attached hydrogens (tertiary/aromatic N) is 1. The van der Waals surface area contributed by atoms with Crippen LogP contribution in [0.1, 0.15) is 18.4 Å². The largest absolute Gasteiger partial charge is 0.490 e. The first-order valence-corrected chi connectivity index (χ1v) is 11.6. The first-order valence-electron chi connectivity index (χ1n) is 11.6. The maximum absolute atomic E-state index is 10.5. The van der Waals surface area contributed by atoms with Gasteiger partial charge < -0.3 is 20.1 Å². The third-order valence-electron chi connectivity index (χ3n) is 6.40. The molecule has 0 aliphatic carbocycles. The molecule has 1 saturated heterocycles. The topological polar surface area (TPSA) is 60.5 Å². The molecule has 0 amide bonds. The van der Waals surface area contributed by atoms with Crippen LogP contribution in [0.15, 0.2) is 72.8 Å². The van der Waals surface area contributed by atoms with Gasteiger partial charge in [-0.3, -0.25) is 4.90 Å². The molecule has 0 bridgehead atoms. The second-order valence-corrected chi connectivity index (χ2v) is 8.76. The minimum atomic E-state index is -0.544. The Kier molecular flexibility index (Phi) is 6.39. The first-order chi connectivity index (χ1) is 15.8. The van der Waals surface area contributed by atoms with Gasteiger partial charge in [0.2, 0.25) is 0 Å². The van der Waals surface area contributed by atoms with Crippen LogP contribution in [0, 0.1) is 0 Å². The van der Waals surface area contributed by atoms with Gasteiger partial charge in [-0.1, -0.05) is 54.6 Å². The highest BCUT2D eigenvalue weighted by Crippen LogP contribution is 2.33. The summed E-state index contributed by atoms with van der Waals surface area (Å²) in [6.45, 7) is 4.01. The number of para-hydroxylation sites is 1. The number of aliphatic hydroxyl groups is 1. The SMILES string of the molecule is OC(CNC1CCN(Cc2ccccc2)CC1)COc1cccc2[nH]c3ccccc3c12. The molecule has 5 nitrogen and oxygen atoms in total. The van der Waals surface area contributed by atoms with E-state index in [-0.39, 0.29) is 6.61 Å². The van der Waals surface area contributed by atoms with E-state index < -0.39 is 6.10 Å². The molecule has 5 rings (SSSR count). The van der Waals surface area contributed by atoms with Crippen LogP contribution >= 0.6 is 0 Å². The number of H-pyrrole nitrogens is 1. The van der Waals surface area contributed by atoms with E-state index in [0.29, 0.717) is 12.6 Å². The number of rotatable bonds is 8. The third-order valence-corrected chi connectivity index (χ3v) is 6.40. The Morgan fingerprint density at radius 1 is 0.938 bits per heavy atom. The maximum Gasteiger partial charge on any atom is 0.129 e. The van der Waals surface area contributed by atoms with Gasteiger partial charge in [0.15, 0.2) is 0 Å². The van der Waals surface area contributed by atoms with Crippen LogP contribution in [0.25, 0.3) is 21.8 Å². The van der Waals surface area contributed by atoms with Gasteiger partial charge in [0.25, 0.3) is 0 Å². The number of hydrogen-bond donors (Lipinski definition) is 3. The second kappa shape index (κ2) is 9.74. The molecule has 1 unspecified atom stereocenters. The molecule has 0 radical (unpaired) electrons. The Morgan fingerprint density at radius 2 is 1.69 bits per heavy atom. The van der Waals surface area contributed by atoms with Crippen LogP contribution in [-0.4, -0.2) is 53.4 Å². The number of aliphatic hydroxyl groups excluding tert-OH is 1. The van der Waals surface area contributed by atoms with Crippen LogP contribution in [0.5, 0.6) is 5.75 Å². The van der Waals surface area contributed by atoms with Gasteiger partial charge in [-0.05, 0) is 49.7 Å². The van der Waals surface area contributed by atoms with Gasteiger partial charge in [0.1, 0.15) is 18.5 Å². The van der Waals surface area contributed by atoms with Crippen molar-refractivity contribution >= 4 is 21.8 Å². The zero-order valence-corrected chi connectivity index (χ0v) is 18.3. The molecule has 1 aliphatic rings.